The van der Waals surface area contributed by atoms with Crippen molar-refractivity contribution in [2.75, 3.05) is 24.3 Å². The number of nitrogen functional groups attached to an aromatic ring is 1. The number of amides is 1. The molecular formula is C12H16N2O2. The zero-order valence-corrected chi connectivity index (χ0v) is 9.40. The topological polar surface area (TPSA) is 55.6 Å². The van der Waals surface area contributed by atoms with Crippen molar-refractivity contribution in [3.8, 4) is 5.75 Å². The van der Waals surface area contributed by atoms with Crippen LogP contribution >= 0.6 is 0 Å². The molecule has 1 amide bonds. The second-order valence-corrected chi connectivity index (χ2v) is 3.93. The minimum atomic E-state index is 0.161. The van der Waals surface area contributed by atoms with E-state index in [-0.39, 0.29) is 5.91 Å². The lowest BCUT2D eigenvalue weighted by molar-refractivity contribution is -0.119. The Labute approximate surface area is 95.0 Å². The summed E-state index contributed by atoms with van der Waals surface area (Å²) >= 11 is 0. The Kier molecular flexibility index (Phi) is 2.99. The van der Waals surface area contributed by atoms with Crippen LogP contribution in [0, 0.1) is 0 Å². The molecule has 0 radical (unpaired) electrons. The number of nitrogens with two attached hydrogens (primary N) is 1. The minimum absolute atomic E-state index is 0.161. The van der Waals surface area contributed by atoms with Crippen molar-refractivity contribution in [3.63, 3.8) is 0 Å². The molecule has 1 aromatic rings. The fourth-order valence-corrected chi connectivity index (χ4v) is 1.98. The number of anilines is 2. The number of ether oxygens (including phenoxy) is 1. The van der Waals surface area contributed by atoms with E-state index in [1.165, 1.54) is 0 Å². The Morgan fingerprint density at radius 1 is 1.38 bits per heavy atom. The number of hydrogen-bond donors (Lipinski definition) is 1. The van der Waals surface area contributed by atoms with Crippen LogP contribution in [-0.4, -0.2) is 19.6 Å². The Bertz CT molecular complexity index is 404. The van der Waals surface area contributed by atoms with Crippen LogP contribution in [-0.2, 0) is 4.79 Å². The van der Waals surface area contributed by atoms with Crippen LogP contribution in [0.25, 0.3) is 0 Å². The number of carbonyl (C=O) groups excluding carboxylic acids is 1. The largest absolute Gasteiger partial charge is 0.494 e. The molecule has 0 atom stereocenters. The van der Waals surface area contributed by atoms with Crippen molar-refractivity contribution >= 4 is 17.3 Å². The smallest absolute Gasteiger partial charge is 0.227 e. The van der Waals surface area contributed by atoms with Crippen LogP contribution in [0.4, 0.5) is 11.4 Å². The summed E-state index contributed by atoms with van der Waals surface area (Å²) in [6.07, 6.45) is 2.64. The molecule has 4 heteroatoms. The maximum absolute atomic E-state index is 11.8. The van der Waals surface area contributed by atoms with E-state index in [0.717, 1.165) is 25.1 Å². The maximum atomic E-state index is 11.8. The molecule has 0 aromatic heterocycles. The average Bonchev–Trinajstić information content (AvgIpc) is 2.30. The molecule has 1 saturated heterocycles. The molecule has 1 fully saturated rings. The number of rotatable bonds is 2. The first-order valence-corrected chi connectivity index (χ1v) is 5.46. The maximum Gasteiger partial charge on any atom is 0.227 e. The first-order valence-electron chi connectivity index (χ1n) is 5.46. The van der Waals surface area contributed by atoms with Crippen molar-refractivity contribution in [1.29, 1.82) is 0 Å². The van der Waals surface area contributed by atoms with E-state index in [4.69, 9.17) is 10.5 Å². The highest BCUT2D eigenvalue weighted by atomic mass is 16.5. The van der Waals surface area contributed by atoms with E-state index in [1.54, 1.807) is 24.1 Å². The fourth-order valence-electron chi connectivity index (χ4n) is 1.98. The zero-order chi connectivity index (χ0) is 11.5. The van der Waals surface area contributed by atoms with E-state index >= 15 is 0 Å². The molecule has 16 heavy (non-hydrogen) atoms. The molecule has 86 valence electrons. The van der Waals surface area contributed by atoms with Gasteiger partial charge in [0, 0.05) is 24.7 Å². The third kappa shape index (κ3) is 1.96. The Morgan fingerprint density at radius 3 is 2.88 bits per heavy atom. The number of benzene rings is 1. The summed E-state index contributed by atoms with van der Waals surface area (Å²) in [5, 5.41) is 0. The van der Waals surface area contributed by atoms with Gasteiger partial charge >= 0.3 is 0 Å². The first kappa shape index (κ1) is 10.8. The summed E-state index contributed by atoms with van der Waals surface area (Å²) in [6, 6.07) is 5.38. The summed E-state index contributed by atoms with van der Waals surface area (Å²) in [5.74, 6) is 0.824. The monoisotopic (exact) mass is 220 g/mol. The van der Waals surface area contributed by atoms with Crippen LogP contribution in [0.5, 0.6) is 5.75 Å². The normalized spacial score (nSPS) is 16.3. The van der Waals surface area contributed by atoms with Crippen LogP contribution < -0.4 is 15.4 Å². The molecule has 2 rings (SSSR count). The zero-order valence-electron chi connectivity index (χ0n) is 9.40. The number of piperidine rings is 1. The lowest BCUT2D eigenvalue weighted by atomic mass is 10.1. The Balaban J connectivity index is 2.34. The summed E-state index contributed by atoms with van der Waals surface area (Å²) in [7, 11) is 1.59. The van der Waals surface area contributed by atoms with Gasteiger partial charge in [0.05, 0.1) is 12.8 Å². The van der Waals surface area contributed by atoms with Gasteiger partial charge in [0.25, 0.3) is 0 Å². The lowest BCUT2D eigenvalue weighted by Gasteiger charge is -2.28. The van der Waals surface area contributed by atoms with Gasteiger partial charge in [-0.1, -0.05) is 0 Å². The van der Waals surface area contributed by atoms with Gasteiger partial charge in [0.2, 0.25) is 5.91 Å². The van der Waals surface area contributed by atoms with Crippen molar-refractivity contribution in [3.05, 3.63) is 18.2 Å². The van der Waals surface area contributed by atoms with Gasteiger partial charge in [-0.2, -0.15) is 0 Å². The molecule has 0 saturated carbocycles. The highest BCUT2D eigenvalue weighted by Crippen LogP contribution is 2.32. The van der Waals surface area contributed by atoms with Crippen LogP contribution in [0.15, 0.2) is 18.2 Å². The molecule has 1 aromatic carbocycles. The van der Waals surface area contributed by atoms with E-state index in [2.05, 4.69) is 0 Å². The number of carbonyl (C=O) groups is 1. The van der Waals surface area contributed by atoms with Crippen LogP contribution in [0.2, 0.25) is 0 Å². The quantitative estimate of drug-likeness (QED) is 0.773. The van der Waals surface area contributed by atoms with Crippen molar-refractivity contribution in [2.24, 2.45) is 0 Å². The summed E-state index contributed by atoms with van der Waals surface area (Å²) in [5.41, 5.74) is 7.15. The van der Waals surface area contributed by atoms with Gasteiger partial charge in [0.15, 0.2) is 0 Å². The van der Waals surface area contributed by atoms with Gasteiger partial charge in [-0.3, -0.25) is 4.79 Å². The minimum Gasteiger partial charge on any atom is -0.494 e. The average molecular weight is 220 g/mol. The third-order valence-electron chi connectivity index (χ3n) is 2.82. The SMILES string of the molecule is COc1cc(N)ccc1N1CCCCC1=O. The Morgan fingerprint density at radius 2 is 2.19 bits per heavy atom. The molecular weight excluding hydrogens is 204 g/mol. The highest BCUT2D eigenvalue weighted by molar-refractivity contribution is 5.95. The molecule has 1 aliphatic rings. The Hall–Kier alpha value is -1.71. The second-order valence-electron chi connectivity index (χ2n) is 3.93. The van der Waals surface area contributed by atoms with Gasteiger partial charge in [-0.15, -0.1) is 0 Å². The number of hydrogen-bond acceptors (Lipinski definition) is 3. The summed E-state index contributed by atoms with van der Waals surface area (Å²) in [4.78, 5) is 13.6. The van der Waals surface area contributed by atoms with E-state index < -0.39 is 0 Å². The van der Waals surface area contributed by atoms with Gasteiger partial charge in [0.1, 0.15) is 5.75 Å². The van der Waals surface area contributed by atoms with Crippen molar-refractivity contribution in [2.45, 2.75) is 19.3 Å². The summed E-state index contributed by atoms with van der Waals surface area (Å²) in [6.45, 7) is 0.763. The number of methoxy groups -OCH3 is 1. The van der Waals surface area contributed by atoms with E-state index in [0.29, 0.717) is 17.9 Å². The van der Waals surface area contributed by atoms with Gasteiger partial charge in [-0.25, -0.2) is 0 Å². The van der Waals surface area contributed by atoms with E-state index in [1.807, 2.05) is 6.07 Å². The fraction of sp³-hybridized carbons (Fsp3) is 0.417. The predicted molar refractivity (Wildman–Crippen MR) is 63.6 cm³/mol. The molecule has 0 unspecified atom stereocenters. The van der Waals surface area contributed by atoms with Crippen LogP contribution in [0.1, 0.15) is 19.3 Å². The molecule has 2 N–H and O–H groups in total. The van der Waals surface area contributed by atoms with Gasteiger partial charge < -0.3 is 15.4 Å². The van der Waals surface area contributed by atoms with Gasteiger partial charge in [-0.05, 0) is 25.0 Å². The molecule has 4 nitrogen and oxygen atoms in total. The summed E-state index contributed by atoms with van der Waals surface area (Å²) < 4.78 is 5.25. The predicted octanol–water partition coefficient (Wildman–Crippen LogP) is 1.79. The third-order valence-corrected chi connectivity index (χ3v) is 2.82. The van der Waals surface area contributed by atoms with Crippen molar-refractivity contribution < 1.29 is 9.53 Å². The second kappa shape index (κ2) is 4.43. The molecule has 0 spiro atoms. The standard InChI is InChI=1S/C12H16N2O2/c1-16-11-8-9(13)5-6-10(11)14-7-3-2-4-12(14)15/h5-6,8H,2-4,7,13H2,1H3. The highest BCUT2D eigenvalue weighted by Gasteiger charge is 2.22. The lowest BCUT2D eigenvalue weighted by Crippen LogP contribution is -2.35. The van der Waals surface area contributed by atoms with Crippen molar-refractivity contribution in [1.82, 2.24) is 0 Å². The molecule has 1 aliphatic heterocycles. The molecule has 0 aliphatic carbocycles. The number of nitrogens with zero attached hydrogens (tertiary/aromatic N) is 1. The first-order chi connectivity index (χ1) is 7.72. The van der Waals surface area contributed by atoms with E-state index in [9.17, 15) is 4.79 Å². The molecule has 0 bridgehead atoms. The van der Waals surface area contributed by atoms with Crippen LogP contribution in [0.3, 0.4) is 0 Å². The molecule has 1 heterocycles.